The number of carboxylic acids is 1. The molecule has 1 fully saturated rings. The van der Waals surface area contributed by atoms with Crippen LogP contribution >= 0.6 is 27.3 Å². The molecular weight excluding hydrogens is 502 g/mol. The first-order valence-corrected chi connectivity index (χ1v) is 12.8. The average molecular weight is 530 g/mol. The number of rotatable bonds is 9. The van der Waals surface area contributed by atoms with Crippen LogP contribution in [-0.2, 0) is 11.4 Å². The molecule has 0 aliphatic carbocycles. The average Bonchev–Trinajstić information content (AvgIpc) is 3.25. The second-order valence-corrected chi connectivity index (χ2v) is 10.6. The molecule has 0 bridgehead atoms. The van der Waals surface area contributed by atoms with E-state index in [9.17, 15) is 9.90 Å². The highest BCUT2D eigenvalue weighted by molar-refractivity contribution is 9.11. The molecule has 2 aromatic carbocycles. The maximum absolute atomic E-state index is 11.4. The second-order valence-electron chi connectivity index (χ2n) is 8.11. The van der Waals surface area contributed by atoms with E-state index in [1.165, 1.54) is 4.88 Å². The largest absolute Gasteiger partial charge is 0.490 e. The zero-order chi connectivity index (χ0) is 23.2. The first kappa shape index (κ1) is 23.8. The van der Waals surface area contributed by atoms with E-state index in [1.54, 1.807) is 11.3 Å². The Kier molecular flexibility index (Phi) is 8.06. The van der Waals surface area contributed by atoms with Crippen molar-refractivity contribution < 1.29 is 19.4 Å². The molecule has 7 heteroatoms. The second kappa shape index (κ2) is 11.2. The van der Waals surface area contributed by atoms with Crippen LogP contribution in [0.4, 0.5) is 0 Å². The summed E-state index contributed by atoms with van der Waals surface area (Å²) in [6.45, 7) is 4.48. The highest BCUT2D eigenvalue weighted by Crippen LogP contribution is 2.40. The molecule has 1 N–H and O–H groups in total. The Morgan fingerprint density at radius 3 is 2.48 bits per heavy atom. The Bertz CT molecular complexity index is 1060. The molecule has 0 spiro atoms. The first-order valence-electron chi connectivity index (χ1n) is 11.2. The quantitative estimate of drug-likeness (QED) is 0.348. The molecule has 33 heavy (non-hydrogen) atoms. The topological polar surface area (TPSA) is 59.0 Å². The van der Waals surface area contributed by atoms with Crippen molar-refractivity contribution in [2.45, 2.75) is 32.4 Å². The normalized spacial score (nSPS) is 15.8. The SMILES string of the molecule is CCOc1cc(C(c2ccc(Br)s2)N2CCC(C(=O)O)CC2)ccc1OCc1ccccc1. The van der Waals surface area contributed by atoms with E-state index >= 15 is 0 Å². The number of thiophene rings is 1. The molecule has 5 nitrogen and oxygen atoms in total. The van der Waals surface area contributed by atoms with Gasteiger partial charge in [0.2, 0.25) is 0 Å². The van der Waals surface area contributed by atoms with Crippen molar-refractivity contribution in [1.82, 2.24) is 4.90 Å². The molecule has 3 aromatic rings. The molecule has 174 valence electrons. The monoisotopic (exact) mass is 529 g/mol. The summed E-state index contributed by atoms with van der Waals surface area (Å²) in [6.07, 6.45) is 1.32. The molecule has 1 unspecified atom stereocenters. The summed E-state index contributed by atoms with van der Waals surface area (Å²) in [5, 5.41) is 9.41. The Hall–Kier alpha value is -2.35. The van der Waals surface area contributed by atoms with Gasteiger partial charge in [0.25, 0.3) is 0 Å². The molecule has 1 atom stereocenters. The summed E-state index contributed by atoms with van der Waals surface area (Å²) in [4.78, 5) is 15.0. The third kappa shape index (κ3) is 5.96. The van der Waals surface area contributed by atoms with Crippen LogP contribution < -0.4 is 9.47 Å². The van der Waals surface area contributed by atoms with E-state index < -0.39 is 5.97 Å². The first-order chi connectivity index (χ1) is 16.0. The number of carboxylic acid groups (broad SMARTS) is 1. The van der Waals surface area contributed by atoms with Gasteiger partial charge in [0.1, 0.15) is 6.61 Å². The minimum atomic E-state index is -0.691. The van der Waals surface area contributed by atoms with Crippen LogP contribution in [0.3, 0.4) is 0 Å². The fraction of sp³-hybridized carbons (Fsp3) is 0.346. The molecule has 2 heterocycles. The van der Waals surface area contributed by atoms with Crippen LogP contribution in [0.1, 0.15) is 41.8 Å². The highest BCUT2D eigenvalue weighted by atomic mass is 79.9. The summed E-state index contributed by atoms with van der Waals surface area (Å²) >= 11 is 5.31. The predicted molar refractivity (Wildman–Crippen MR) is 134 cm³/mol. The minimum absolute atomic E-state index is 0.0402. The molecule has 0 saturated carbocycles. The number of hydrogen-bond acceptors (Lipinski definition) is 5. The summed E-state index contributed by atoms with van der Waals surface area (Å²) in [6, 6.07) is 20.5. The maximum atomic E-state index is 11.4. The summed E-state index contributed by atoms with van der Waals surface area (Å²) < 4.78 is 13.1. The van der Waals surface area contributed by atoms with Crippen molar-refractivity contribution in [3.63, 3.8) is 0 Å². The van der Waals surface area contributed by atoms with Crippen LogP contribution in [-0.4, -0.2) is 35.7 Å². The Morgan fingerprint density at radius 1 is 1.09 bits per heavy atom. The number of aliphatic carboxylic acids is 1. The molecule has 1 saturated heterocycles. The standard InChI is InChI=1S/C26H28BrNO4S/c1-2-31-22-16-20(8-9-21(22)32-17-18-6-4-3-5-7-18)25(23-10-11-24(27)33-23)28-14-12-19(13-15-28)26(29)30/h3-11,16,19,25H,2,12-15,17H2,1H3,(H,29,30). The summed E-state index contributed by atoms with van der Waals surface area (Å²) in [5.74, 6) is 0.500. The van der Waals surface area contributed by atoms with Crippen molar-refractivity contribution in [2.24, 2.45) is 5.92 Å². The van der Waals surface area contributed by atoms with E-state index in [0.717, 1.165) is 39.5 Å². The van der Waals surface area contributed by atoms with Crippen molar-refractivity contribution in [1.29, 1.82) is 0 Å². The Morgan fingerprint density at radius 2 is 1.85 bits per heavy atom. The van der Waals surface area contributed by atoms with Crippen molar-refractivity contribution >= 4 is 33.2 Å². The lowest BCUT2D eigenvalue weighted by molar-refractivity contribution is -0.143. The van der Waals surface area contributed by atoms with Gasteiger partial charge in [-0.05, 0) is 84.2 Å². The Balaban J connectivity index is 1.60. The fourth-order valence-corrected chi connectivity index (χ4v) is 5.84. The third-order valence-electron chi connectivity index (χ3n) is 5.93. The number of nitrogens with zero attached hydrogens (tertiary/aromatic N) is 1. The molecule has 1 aliphatic heterocycles. The van der Waals surface area contributed by atoms with E-state index in [-0.39, 0.29) is 12.0 Å². The number of likely N-dealkylation sites (tertiary alicyclic amines) is 1. The summed E-state index contributed by atoms with van der Waals surface area (Å²) in [5.41, 5.74) is 2.22. The van der Waals surface area contributed by atoms with Gasteiger partial charge in [-0.25, -0.2) is 0 Å². The lowest BCUT2D eigenvalue weighted by atomic mass is 9.93. The number of benzene rings is 2. The number of ether oxygens (including phenoxy) is 2. The van der Waals surface area contributed by atoms with Crippen LogP contribution in [0.5, 0.6) is 11.5 Å². The van der Waals surface area contributed by atoms with Gasteiger partial charge in [-0.3, -0.25) is 9.69 Å². The van der Waals surface area contributed by atoms with Crippen LogP contribution in [0.25, 0.3) is 0 Å². The van der Waals surface area contributed by atoms with Gasteiger partial charge >= 0.3 is 5.97 Å². The fourth-order valence-electron chi connectivity index (χ4n) is 4.25. The number of piperidine rings is 1. The maximum Gasteiger partial charge on any atom is 0.306 e. The van der Waals surface area contributed by atoms with Gasteiger partial charge < -0.3 is 14.6 Å². The zero-order valence-corrected chi connectivity index (χ0v) is 21.0. The van der Waals surface area contributed by atoms with E-state index in [4.69, 9.17) is 9.47 Å². The van der Waals surface area contributed by atoms with Crippen LogP contribution in [0, 0.1) is 5.92 Å². The predicted octanol–water partition coefficient (Wildman–Crippen LogP) is 6.37. The van der Waals surface area contributed by atoms with Gasteiger partial charge in [-0.2, -0.15) is 0 Å². The van der Waals surface area contributed by atoms with Crippen molar-refractivity contribution in [3.8, 4) is 11.5 Å². The number of halogens is 1. The smallest absolute Gasteiger partial charge is 0.306 e. The lowest BCUT2D eigenvalue weighted by Crippen LogP contribution is -2.39. The minimum Gasteiger partial charge on any atom is -0.490 e. The van der Waals surface area contributed by atoms with Crippen LogP contribution in [0.15, 0.2) is 64.5 Å². The van der Waals surface area contributed by atoms with Crippen molar-refractivity contribution in [2.75, 3.05) is 19.7 Å². The van der Waals surface area contributed by atoms with E-state index in [1.807, 2.05) is 43.3 Å². The van der Waals surface area contributed by atoms with Gasteiger partial charge in [-0.1, -0.05) is 36.4 Å². The zero-order valence-electron chi connectivity index (χ0n) is 18.6. The van der Waals surface area contributed by atoms with Gasteiger partial charge in [-0.15, -0.1) is 11.3 Å². The summed E-state index contributed by atoms with van der Waals surface area (Å²) in [7, 11) is 0. The molecular formula is C26H28BrNO4S. The number of carbonyl (C=O) groups is 1. The van der Waals surface area contributed by atoms with Crippen molar-refractivity contribution in [3.05, 3.63) is 80.5 Å². The lowest BCUT2D eigenvalue weighted by Gasteiger charge is -2.36. The van der Waals surface area contributed by atoms with E-state index in [2.05, 4.69) is 45.1 Å². The highest BCUT2D eigenvalue weighted by Gasteiger charge is 2.31. The number of hydrogen-bond donors (Lipinski definition) is 1. The molecule has 0 amide bonds. The van der Waals surface area contributed by atoms with Gasteiger partial charge in [0, 0.05) is 4.88 Å². The Labute approximate surface area is 207 Å². The van der Waals surface area contributed by atoms with E-state index in [0.29, 0.717) is 26.1 Å². The van der Waals surface area contributed by atoms with Gasteiger partial charge in [0.15, 0.2) is 11.5 Å². The third-order valence-corrected chi connectivity index (χ3v) is 7.60. The molecule has 1 aliphatic rings. The molecule has 4 rings (SSSR count). The van der Waals surface area contributed by atoms with Crippen LogP contribution in [0.2, 0.25) is 0 Å². The molecule has 0 radical (unpaired) electrons. The molecule has 1 aromatic heterocycles. The van der Waals surface area contributed by atoms with Gasteiger partial charge in [0.05, 0.1) is 22.4 Å².